The highest BCUT2D eigenvalue weighted by atomic mass is 16.2. The zero-order valence-corrected chi connectivity index (χ0v) is 13.1. The number of carbonyl (C=O) groups excluding carboxylic acids is 1. The molecular formula is C15H16N8O. The van der Waals surface area contributed by atoms with E-state index in [-0.39, 0.29) is 11.9 Å². The topological polar surface area (TPSA) is 101 Å². The number of carbonyl (C=O) groups is 1. The molecule has 1 N–H and O–H groups in total. The van der Waals surface area contributed by atoms with Crippen molar-refractivity contribution >= 4 is 17.4 Å². The van der Waals surface area contributed by atoms with Gasteiger partial charge in [0.05, 0.1) is 11.9 Å². The van der Waals surface area contributed by atoms with Crippen LogP contribution in [0.1, 0.15) is 22.6 Å². The number of nitrogens with zero attached hydrogens (tertiary/aromatic N) is 7. The molecule has 24 heavy (non-hydrogen) atoms. The van der Waals surface area contributed by atoms with Crippen LogP contribution in [0.4, 0.5) is 5.82 Å². The van der Waals surface area contributed by atoms with E-state index in [9.17, 15) is 4.79 Å². The molecule has 1 aliphatic heterocycles. The summed E-state index contributed by atoms with van der Waals surface area (Å²) < 4.78 is 1.64. The van der Waals surface area contributed by atoms with Crippen LogP contribution in [0, 0.1) is 6.92 Å². The number of rotatable bonds is 3. The first-order valence-corrected chi connectivity index (χ1v) is 7.70. The Labute approximate surface area is 137 Å². The van der Waals surface area contributed by atoms with E-state index >= 15 is 0 Å². The number of anilines is 1. The summed E-state index contributed by atoms with van der Waals surface area (Å²) in [5.74, 6) is 0.644. The second-order valence-corrected chi connectivity index (χ2v) is 5.77. The van der Waals surface area contributed by atoms with Gasteiger partial charge in [-0.1, -0.05) is 0 Å². The highest BCUT2D eigenvalue weighted by Crippen LogP contribution is 2.18. The van der Waals surface area contributed by atoms with Crippen molar-refractivity contribution in [3.8, 4) is 0 Å². The molecule has 0 radical (unpaired) electrons. The Kier molecular flexibility index (Phi) is 3.52. The van der Waals surface area contributed by atoms with E-state index in [0.29, 0.717) is 17.9 Å². The minimum absolute atomic E-state index is 0.0546. The summed E-state index contributed by atoms with van der Waals surface area (Å²) in [5, 5.41) is 15.3. The van der Waals surface area contributed by atoms with Gasteiger partial charge in [-0.25, -0.2) is 4.98 Å². The van der Waals surface area contributed by atoms with Crippen LogP contribution in [0.15, 0.2) is 30.9 Å². The summed E-state index contributed by atoms with van der Waals surface area (Å²) in [4.78, 5) is 22.6. The Morgan fingerprint density at radius 3 is 3.04 bits per heavy atom. The molecular weight excluding hydrogens is 308 g/mol. The lowest BCUT2D eigenvalue weighted by Gasteiger charge is -2.17. The van der Waals surface area contributed by atoms with E-state index in [0.717, 1.165) is 24.5 Å². The van der Waals surface area contributed by atoms with E-state index in [1.807, 2.05) is 19.1 Å². The monoisotopic (exact) mass is 324 g/mol. The van der Waals surface area contributed by atoms with Gasteiger partial charge >= 0.3 is 0 Å². The van der Waals surface area contributed by atoms with Crippen molar-refractivity contribution in [2.75, 3.05) is 18.0 Å². The molecule has 9 heteroatoms. The lowest BCUT2D eigenvalue weighted by molar-refractivity contribution is 0.0935. The average Bonchev–Trinajstić information content (AvgIpc) is 3.23. The van der Waals surface area contributed by atoms with E-state index in [1.165, 1.54) is 6.20 Å². The molecule has 3 aromatic rings. The first-order chi connectivity index (χ1) is 11.7. The fourth-order valence-corrected chi connectivity index (χ4v) is 2.74. The number of aromatic nitrogens is 6. The predicted molar refractivity (Wildman–Crippen MR) is 85.6 cm³/mol. The largest absolute Gasteiger partial charge is 0.353 e. The maximum Gasteiger partial charge on any atom is 0.271 e. The van der Waals surface area contributed by atoms with Crippen LogP contribution in [-0.2, 0) is 0 Å². The third-order valence-electron chi connectivity index (χ3n) is 4.01. The SMILES string of the molecule is Cc1cnc(C(=O)N[C@H]2CCN(c3ccc4nncn4n3)C2)cn1. The molecule has 0 aliphatic carbocycles. The van der Waals surface area contributed by atoms with Crippen molar-refractivity contribution in [1.29, 1.82) is 0 Å². The Morgan fingerprint density at radius 1 is 1.29 bits per heavy atom. The molecule has 122 valence electrons. The van der Waals surface area contributed by atoms with Crippen molar-refractivity contribution in [1.82, 2.24) is 35.1 Å². The van der Waals surface area contributed by atoms with Crippen LogP contribution in [0.2, 0.25) is 0 Å². The van der Waals surface area contributed by atoms with Crippen molar-refractivity contribution < 1.29 is 4.79 Å². The van der Waals surface area contributed by atoms with Gasteiger partial charge in [0.2, 0.25) is 0 Å². The molecule has 9 nitrogen and oxygen atoms in total. The van der Waals surface area contributed by atoms with Gasteiger partial charge in [-0.05, 0) is 25.5 Å². The number of nitrogens with one attached hydrogen (secondary N) is 1. The van der Waals surface area contributed by atoms with Crippen LogP contribution in [0.3, 0.4) is 0 Å². The summed E-state index contributed by atoms with van der Waals surface area (Å²) in [6.07, 6.45) is 5.52. The minimum Gasteiger partial charge on any atom is -0.353 e. The molecule has 1 fully saturated rings. The Bertz CT molecular complexity index is 875. The lowest BCUT2D eigenvalue weighted by atomic mass is 10.2. The molecule has 4 rings (SSSR count). The van der Waals surface area contributed by atoms with Gasteiger partial charge in [0, 0.05) is 25.3 Å². The Hall–Kier alpha value is -3.10. The Morgan fingerprint density at radius 2 is 2.21 bits per heavy atom. The predicted octanol–water partition coefficient (Wildman–Crippen LogP) is 0.231. The van der Waals surface area contributed by atoms with Gasteiger partial charge in [-0.3, -0.25) is 9.78 Å². The smallest absolute Gasteiger partial charge is 0.271 e. The normalized spacial score (nSPS) is 17.4. The van der Waals surface area contributed by atoms with Crippen molar-refractivity contribution in [2.45, 2.75) is 19.4 Å². The molecule has 0 saturated carbocycles. The molecule has 3 aromatic heterocycles. The number of amides is 1. The van der Waals surface area contributed by atoms with E-state index < -0.39 is 0 Å². The van der Waals surface area contributed by atoms with Gasteiger partial charge in [-0.2, -0.15) is 4.52 Å². The molecule has 0 spiro atoms. The minimum atomic E-state index is -0.198. The number of hydrogen-bond acceptors (Lipinski definition) is 7. The first-order valence-electron chi connectivity index (χ1n) is 7.70. The molecule has 1 aliphatic rings. The summed E-state index contributed by atoms with van der Waals surface area (Å²) >= 11 is 0. The van der Waals surface area contributed by atoms with Crippen molar-refractivity contribution in [3.05, 3.63) is 42.2 Å². The maximum atomic E-state index is 12.2. The van der Waals surface area contributed by atoms with Gasteiger partial charge in [0.1, 0.15) is 17.8 Å². The quantitative estimate of drug-likeness (QED) is 0.736. The number of fused-ring (bicyclic) bond motifs is 1. The maximum absolute atomic E-state index is 12.2. The van der Waals surface area contributed by atoms with Crippen molar-refractivity contribution in [3.63, 3.8) is 0 Å². The summed E-state index contributed by atoms with van der Waals surface area (Å²) in [7, 11) is 0. The zero-order chi connectivity index (χ0) is 16.5. The first kappa shape index (κ1) is 14.5. The van der Waals surface area contributed by atoms with Gasteiger partial charge in [-0.15, -0.1) is 15.3 Å². The highest BCUT2D eigenvalue weighted by molar-refractivity contribution is 5.92. The van der Waals surface area contributed by atoms with Crippen LogP contribution in [0.25, 0.3) is 5.65 Å². The Balaban J connectivity index is 1.42. The zero-order valence-electron chi connectivity index (χ0n) is 13.1. The van der Waals surface area contributed by atoms with Gasteiger partial charge < -0.3 is 10.2 Å². The molecule has 1 amide bonds. The molecule has 4 heterocycles. The molecule has 0 bridgehead atoms. The third-order valence-corrected chi connectivity index (χ3v) is 4.01. The lowest BCUT2D eigenvalue weighted by Crippen LogP contribution is -2.37. The number of hydrogen-bond donors (Lipinski definition) is 1. The second-order valence-electron chi connectivity index (χ2n) is 5.77. The van der Waals surface area contributed by atoms with Crippen LogP contribution in [0.5, 0.6) is 0 Å². The molecule has 0 aromatic carbocycles. The standard InChI is InChI=1S/C15H16N8O/c1-10-6-17-12(7-16-10)15(24)19-11-4-5-22(8-11)14-3-2-13-20-18-9-23(13)21-14/h2-3,6-7,9,11H,4-5,8H2,1H3,(H,19,24)/t11-/m0/s1. The van der Waals surface area contributed by atoms with Gasteiger partial charge in [0.15, 0.2) is 5.65 Å². The number of aryl methyl sites for hydroxylation is 1. The van der Waals surface area contributed by atoms with Crippen LogP contribution in [-0.4, -0.2) is 54.8 Å². The van der Waals surface area contributed by atoms with E-state index in [4.69, 9.17) is 0 Å². The van der Waals surface area contributed by atoms with Gasteiger partial charge in [0.25, 0.3) is 5.91 Å². The fraction of sp³-hybridized carbons (Fsp3) is 0.333. The van der Waals surface area contributed by atoms with Crippen LogP contribution < -0.4 is 10.2 Å². The average molecular weight is 324 g/mol. The summed E-state index contributed by atoms with van der Waals surface area (Å²) in [5.41, 5.74) is 1.83. The van der Waals surface area contributed by atoms with E-state index in [2.05, 4.69) is 35.5 Å². The fourth-order valence-electron chi connectivity index (χ4n) is 2.74. The van der Waals surface area contributed by atoms with E-state index in [1.54, 1.807) is 17.0 Å². The second kappa shape index (κ2) is 5.84. The van der Waals surface area contributed by atoms with Crippen LogP contribution >= 0.6 is 0 Å². The van der Waals surface area contributed by atoms with Crippen molar-refractivity contribution in [2.24, 2.45) is 0 Å². The highest BCUT2D eigenvalue weighted by Gasteiger charge is 2.26. The molecule has 1 saturated heterocycles. The summed E-state index contributed by atoms with van der Waals surface area (Å²) in [6.45, 7) is 3.36. The summed E-state index contributed by atoms with van der Waals surface area (Å²) in [6, 6.07) is 3.85. The third kappa shape index (κ3) is 2.75. The molecule has 0 unspecified atom stereocenters. The molecule has 1 atom stereocenters.